The molecule has 0 unspecified atom stereocenters. The van der Waals surface area contributed by atoms with Gasteiger partial charge in [-0.1, -0.05) is 13.8 Å². The maximum Gasteiger partial charge on any atom is 0.306 e. The summed E-state index contributed by atoms with van der Waals surface area (Å²) in [7, 11) is 0. The second-order valence-corrected chi connectivity index (χ2v) is 3.84. The maximum absolute atomic E-state index is 10.7. The number of aliphatic carboxylic acids is 2. The molecular weight excluding hydrogens is 172 g/mol. The molecule has 2 N–H and O–H groups in total. The van der Waals surface area contributed by atoms with Crippen LogP contribution in [0.3, 0.4) is 0 Å². The Morgan fingerprint density at radius 1 is 1.00 bits per heavy atom. The van der Waals surface area contributed by atoms with Crippen molar-refractivity contribution in [3.05, 3.63) is 0 Å². The highest BCUT2D eigenvalue weighted by Gasteiger charge is 2.44. The van der Waals surface area contributed by atoms with Gasteiger partial charge in [-0.05, 0) is 18.3 Å². The Hall–Kier alpha value is -1.06. The first-order chi connectivity index (χ1) is 5.95. The summed E-state index contributed by atoms with van der Waals surface area (Å²) in [6.45, 7) is 3.62. The predicted octanol–water partition coefficient (Wildman–Crippen LogP) is 1.06. The minimum atomic E-state index is -0.872. The van der Waals surface area contributed by atoms with E-state index in [-0.39, 0.29) is 18.3 Å². The summed E-state index contributed by atoms with van der Waals surface area (Å²) in [6.07, 6.45) is 0.271. The molecule has 0 heterocycles. The summed E-state index contributed by atoms with van der Waals surface area (Å²) in [5.74, 6) is -2.81. The lowest BCUT2D eigenvalue weighted by Crippen LogP contribution is -2.19. The van der Waals surface area contributed by atoms with Gasteiger partial charge in [0.25, 0.3) is 0 Å². The van der Waals surface area contributed by atoms with Gasteiger partial charge < -0.3 is 10.2 Å². The second kappa shape index (κ2) is 3.36. The van der Waals surface area contributed by atoms with Crippen molar-refractivity contribution < 1.29 is 19.8 Å². The SMILES string of the molecule is C[C@@H]1[C@H](C)[C@H](C(=O)O)C[C@@H]1C(=O)O. The summed E-state index contributed by atoms with van der Waals surface area (Å²) >= 11 is 0. The molecule has 1 rings (SSSR count). The van der Waals surface area contributed by atoms with Gasteiger partial charge in [-0.25, -0.2) is 0 Å². The van der Waals surface area contributed by atoms with Crippen LogP contribution in [0.15, 0.2) is 0 Å². The van der Waals surface area contributed by atoms with Crippen LogP contribution in [-0.2, 0) is 9.59 Å². The van der Waals surface area contributed by atoms with Crippen LogP contribution in [0.4, 0.5) is 0 Å². The lowest BCUT2D eigenvalue weighted by atomic mass is 9.90. The van der Waals surface area contributed by atoms with E-state index in [1.54, 1.807) is 0 Å². The second-order valence-electron chi connectivity index (χ2n) is 3.84. The van der Waals surface area contributed by atoms with E-state index in [1.165, 1.54) is 0 Å². The Morgan fingerprint density at radius 2 is 1.31 bits per heavy atom. The summed E-state index contributed by atoms with van der Waals surface area (Å²) in [5.41, 5.74) is 0. The van der Waals surface area contributed by atoms with E-state index in [9.17, 15) is 9.59 Å². The third-order valence-electron chi connectivity index (χ3n) is 3.24. The fourth-order valence-electron chi connectivity index (χ4n) is 2.09. The number of hydrogen-bond acceptors (Lipinski definition) is 2. The molecule has 0 saturated heterocycles. The van der Waals surface area contributed by atoms with Crippen LogP contribution >= 0.6 is 0 Å². The highest BCUT2D eigenvalue weighted by Crippen LogP contribution is 2.41. The molecule has 0 radical (unpaired) electrons. The molecule has 1 aliphatic carbocycles. The van der Waals surface area contributed by atoms with E-state index in [1.807, 2.05) is 13.8 Å². The van der Waals surface area contributed by atoms with E-state index in [0.717, 1.165) is 0 Å². The molecule has 1 saturated carbocycles. The first-order valence-electron chi connectivity index (χ1n) is 4.40. The maximum atomic E-state index is 10.7. The Bertz CT molecular complexity index is 212. The average molecular weight is 186 g/mol. The number of hydrogen-bond donors (Lipinski definition) is 2. The highest BCUT2D eigenvalue weighted by molar-refractivity contribution is 5.76. The van der Waals surface area contributed by atoms with Gasteiger partial charge in [-0.15, -0.1) is 0 Å². The minimum absolute atomic E-state index is 0.0430. The zero-order valence-electron chi connectivity index (χ0n) is 7.73. The lowest BCUT2D eigenvalue weighted by molar-refractivity contribution is -0.143. The first kappa shape index (κ1) is 10.0. The van der Waals surface area contributed by atoms with Gasteiger partial charge >= 0.3 is 11.9 Å². The first-order valence-corrected chi connectivity index (χ1v) is 4.40. The van der Waals surface area contributed by atoms with Gasteiger partial charge in [0.15, 0.2) is 0 Å². The van der Waals surface area contributed by atoms with Gasteiger partial charge in [0.1, 0.15) is 0 Å². The Morgan fingerprint density at radius 3 is 1.46 bits per heavy atom. The standard InChI is InChI=1S/C9H14O4/c1-4-5(2)7(9(12)13)3-6(4)8(10)11/h4-7H,3H2,1-2H3,(H,10,11)(H,12,13)/t4-,5+,6+,7-. The quantitative estimate of drug-likeness (QED) is 0.676. The van der Waals surface area contributed by atoms with Crippen LogP contribution < -0.4 is 0 Å². The van der Waals surface area contributed by atoms with Gasteiger partial charge in [-0.2, -0.15) is 0 Å². The summed E-state index contributed by atoms with van der Waals surface area (Å²) < 4.78 is 0. The normalized spacial score (nSPS) is 38.9. The fourth-order valence-corrected chi connectivity index (χ4v) is 2.09. The van der Waals surface area contributed by atoms with E-state index in [4.69, 9.17) is 10.2 Å². The molecule has 0 bridgehead atoms. The van der Waals surface area contributed by atoms with Crippen LogP contribution in [-0.4, -0.2) is 22.2 Å². The molecule has 1 aliphatic rings. The Kier molecular flexibility index (Phi) is 2.59. The molecule has 0 aromatic rings. The lowest BCUT2D eigenvalue weighted by Gasteiger charge is -2.14. The topological polar surface area (TPSA) is 74.6 Å². The zero-order chi connectivity index (χ0) is 10.2. The van der Waals surface area contributed by atoms with E-state index in [2.05, 4.69) is 0 Å². The predicted molar refractivity (Wildman–Crippen MR) is 45.2 cm³/mol. The molecule has 0 amide bonds. The van der Waals surface area contributed by atoms with E-state index < -0.39 is 23.8 Å². The van der Waals surface area contributed by atoms with Gasteiger partial charge in [0.05, 0.1) is 11.8 Å². The molecular formula is C9H14O4. The minimum Gasteiger partial charge on any atom is -0.481 e. The number of carbonyl (C=O) groups is 2. The average Bonchev–Trinajstić information content (AvgIpc) is 2.29. The van der Waals surface area contributed by atoms with Crippen molar-refractivity contribution in [1.82, 2.24) is 0 Å². The number of rotatable bonds is 2. The van der Waals surface area contributed by atoms with Crippen molar-refractivity contribution in [2.75, 3.05) is 0 Å². The number of carboxylic acids is 2. The van der Waals surface area contributed by atoms with E-state index in [0.29, 0.717) is 0 Å². The molecule has 0 aliphatic heterocycles. The molecule has 4 atom stereocenters. The van der Waals surface area contributed by atoms with Crippen LogP contribution in [0.2, 0.25) is 0 Å². The van der Waals surface area contributed by atoms with Crippen LogP contribution in [0, 0.1) is 23.7 Å². The fraction of sp³-hybridized carbons (Fsp3) is 0.778. The molecule has 1 fully saturated rings. The van der Waals surface area contributed by atoms with Crippen molar-refractivity contribution in [2.45, 2.75) is 20.3 Å². The molecule has 0 aromatic carbocycles. The van der Waals surface area contributed by atoms with E-state index >= 15 is 0 Å². The van der Waals surface area contributed by atoms with Crippen molar-refractivity contribution >= 4 is 11.9 Å². The van der Waals surface area contributed by atoms with Crippen molar-refractivity contribution in [2.24, 2.45) is 23.7 Å². The number of carboxylic acid groups (broad SMARTS) is 2. The van der Waals surface area contributed by atoms with Gasteiger partial charge in [0, 0.05) is 0 Å². The molecule has 0 spiro atoms. The summed E-state index contributed by atoms with van der Waals surface area (Å²) in [6, 6.07) is 0. The van der Waals surface area contributed by atoms with Crippen LogP contribution in [0.25, 0.3) is 0 Å². The molecule has 74 valence electrons. The summed E-state index contributed by atoms with van der Waals surface area (Å²) in [4.78, 5) is 21.5. The molecule has 13 heavy (non-hydrogen) atoms. The molecule has 0 aromatic heterocycles. The van der Waals surface area contributed by atoms with Gasteiger partial charge in [0.2, 0.25) is 0 Å². The van der Waals surface area contributed by atoms with Crippen molar-refractivity contribution in [1.29, 1.82) is 0 Å². The smallest absolute Gasteiger partial charge is 0.306 e. The van der Waals surface area contributed by atoms with Gasteiger partial charge in [-0.3, -0.25) is 9.59 Å². The molecule has 4 nitrogen and oxygen atoms in total. The van der Waals surface area contributed by atoms with Crippen molar-refractivity contribution in [3.63, 3.8) is 0 Å². The summed E-state index contributed by atoms with van der Waals surface area (Å²) in [5, 5.41) is 17.6. The third kappa shape index (κ3) is 1.66. The third-order valence-corrected chi connectivity index (χ3v) is 3.24. The zero-order valence-corrected chi connectivity index (χ0v) is 7.73. The monoisotopic (exact) mass is 186 g/mol. The van der Waals surface area contributed by atoms with Crippen molar-refractivity contribution in [3.8, 4) is 0 Å². The highest BCUT2D eigenvalue weighted by atomic mass is 16.4. The Balaban J connectivity index is 2.78. The Labute approximate surface area is 76.6 Å². The van der Waals surface area contributed by atoms with Crippen LogP contribution in [0.1, 0.15) is 20.3 Å². The molecule has 4 heteroatoms. The van der Waals surface area contributed by atoms with Crippen LogP contribution in [0.5, 0.6) is 0 Å². The largest absolute Gasteiger partial charge is 0.481 e.